The molecule has 0 atom stereocenters. The van der Waals surface area contributed by atoms with Gasteiger partial charge in [-0.2, -0.15) is 0 Å². The van der Waals surface area contributed by atoms with Crippen LogP contribution >= 0.6 is 0 Å². The molecule has 0 amide bonds. The summed E-state index contributed by atoms with van der Waals surface area (Å²) in [5, 5.41) is 0. The van der Waals surface area contributed by atoms with Gasteiger partial charge < -0.3 is 0 Å². The van der Waals surface area contributed by atoms with E-state index in [0.717, 1.165) is 0 Å². The molecular formula is C5H8Si. The molecule has 0 unspecified atom stereocenters. The predicted molar refractivity (Wildman–Crippen MR) is 32.0 cm³/mol. The lowest BCUT2D eigenvalue weighted by atomic mass is 10.5. The fraction of sp³-hybridized carbons (Fsp3) is 0.200. The molecule has 32 valence electrons. The van der Waals surface area contributed by atoms with E-state index in [-0.39, 0.29) is 5.54 Å². The van der Waals surface area contributed by atoms with Crippen LogP contribution in [0.3, 0.4) is 0 Å². The monoisotopic (exact) mass is 102 g/mol. The molecule has 0 saturated carbocycles. The first-order valence-electron chi connectivity index (χ1n) is 3.46. The Hall–Kier alpha value is -0.303. The van der Waals surface area contributed by atoms with E-state index in [1.807, 2.05) is 0 Å². The van der Waals surface area contributed by atoms with Gasteiger partial charge in [0.15, 0.2) is 0 Å². The van der Waals surface area contributed by atoms with Crippen LogP contribution in [-0.2, 0) is 0 Å². The molecule has 0 N–H and O–H groups in total. The van der Waals surface area contributed by atoms with Gasteiger partial charge in [0.25, 0.3) is 0 Å². The summed E-state index contributed by atoms with van der Waals surface area (Å²) in [4.78, 5) is 0. The zero-order chi connectivity index (χ0) is 6.91. The van der Waals surface area contributed by atoms with Gasteiger partial charge in [-0.1, -0.05) is 24.3 Å². The molecule has 0 aromatic heterocycles. The Morgan fingerprint density at radius 2 is 2.17 bits per heavy atom. The maximum absolute atomic E-state index is 7.10. The Morgan fingerprint density at radius 3 is 2.50 bits per heavy atom. The van der Waals surface area contributed by atoms with E-state index >= 15 is 0 Å². The first-order valence-corrected chi connectivity index (χ1v) is 2.53. The van der Waals surface area contributed by atoms with Gasteiger partial charge in [0, 0.05) is 13.7 Å². The second-order valence-electron chi connectivity index (χ2n) is 1.30. The van der Waals surface area contributed by atoms with Gasteiger partial charge in [0.2, 0.25) is 0 Å². The summed E-state index contributed by atoms with van der Waals surface area (Å²) in [6.45, 7) is 0. The van der Waals surface area contributed by atoms with Crippen molar-refractivity contribution in [3.8, 4) is 0 Å². The minimum atomic E-state index is -3.15. The second kappa shape index (κ2) is 1.43. The lowest BCUT2D eigenvalue weighted by Crippen LogP contribution is -1.71. The molecule has 0 fully saturated rings. The van der Waals surface area contributed by atoms with Crippen molar-refractivity contribution in [1.82, 2.24) is 0 Å². The van der Waals surface area contributed by atoms with E-state index in [0.29, 0.717) is 0 Å². The zero-order valence-corrected chi connectivity index (χ0v) is 4.39. The SMILES string of the molecule is [3H][Si]([3H])([3H])C1C=CC=C1. The fourth-order valence-corrected chi connectivity index (χ4v) is 0.654. The largest absolute Gasteiger partial charge is 0.0814 e. The standard InChI is InChI=1S/C5H8Si/c6-5-3-1-2-4-5/h1-5H,6H3/i6T3. The molecule has 0 spiro atoms. The summed E-state index contributed by atoms with van der Waals surface area (Å²) < 4.78 is 21.3. The average Bonchev–Trinajstić information content (AvgIpc) is 2.08. The number of hydrogen-bond acceptors (Lipinski definition) is 0. The molecule has 1 heteroatoms. The average molecular weight is 102 g/mol. The van der Waals surface area contributed by atoms with E-state index in [4.69, 9.17) is 3.70 Å². The van der Waals surface area contributed by atoms with Crippen LogP contribution in [0.2, 0.25) is 5.54 Å². The summed E-state index contributed by atoms with van der Waals surface area (Å²) in [5.74, 6) is 0. The minimum absolute atomic E-state index is 0.211. The van der Waals surface area contributed by atoms with E-state index in [9.17, 15) is 0 Å². The third kappa shape index (κ3) is 0.600. The molecule has 0 heterocycles. The lowest BCUT2D eigenvalue weighted by molar-refractivity contribution is 1.42. The minimum Gasteiger partial charge on any atom is -0.0814 e. The van der Waals surface area contributed by atoms with E-state index in [2.05, 4.69) is 0 Å². The summed E-state index contributed by atoms with van der Waals surface area (Å²) in [6.07, 6.45) is 7.09. The molecule has 0 radical (unpaired) electrons. The van der Waals surface area contributed by atoms with Gasteiger partial charge in [0.05, 0.1) is 0 Å². The van der Waals surface area contributed by atoms with E-state index in [1.165, 1.54) is 0 Å². The Morgan fingerprint density at radius 1 is 1.50 bits per heavy atom. The summed E-state index contributed by atoms with van der Waals surface area (Å²) in [6, 6.07) is 0. The number of rotatable bonds is 1. The second-order valence-corrected chi connectivity index (χ2v) is 1.96. The van der Waals surface area contributed by atoms with Gasteiger partial charge >= 0.3 is 0 Å². The number of allylic oxidation sites excluding steroid dienone is 4. The number of hydrogen-bond donors (Lipinski definition) is 0. The molecule has 1 rings (SSSR count). The quantitative estimate of drug-likeness (QED) is 0.417. The van der Waals surface area contributed by atoms with Crippen molar-refractivity contribution in [2.24, 2.45) is 0 Å². The van der Waals surface area contributed by atoms with E-state index in [1.54, 1.807) is 24.3 Å². The molecule has 1 aliphatic rings. The van der Waals surface area contributed by atoms with Crippen molar-refractivity contribution in [3.63, 3.8) is 0 Å². The summed E-state index contributed by atoms with van der Waals surface area (Å²) in [5.41, 5.74) is -0.211. The van der Waals surface area contributed by atoms with Crippen LogP contribution in [0.4, 0.5) is 0 Å². The highest BCUT2D eigenvalue weighted by molar-refractivity contribution is 6.14. The Bertz CT molecular complexity index is 144. The summed E-state index contributed by atoms with van der Waals surface area (Å²) >= 11 is 0. The molecule has 1 aliphatic carbocycles. The van der Waals surface area contributed by atoms with Crippen LogP contribution in [0.25, 0.3) is 0 Å². The zero-order valence-electron chi connectivity index (χ0n) is 6.39. The highest BCUT2D eigenvalue weighted by atomic mass is 28.1. The molecule has 0 bridgehead atoms. The molecule has 0 saturated heterocycles. The molecular weight excluding hydrogens is 88.1 g/mol. The highest BCUT2D eigenvalue weighted by Gasteiger charge is 1.89. The van der Waals surface area contributed by atoms with Crippen LogP contribution in [0.5, 0.6) is 0 Å². The normalized spacial score (nSPS) is 29.7. The predicted octanol–water partition coefficient (Wildman–Crippen LogP) is 0.266. The molecule has 0 nitrogen and oxygen atoms in total. The van der Waals surface area contributed by atoms with Gasteiger partial charge in [-0.3, -0.25) is 0 Å². The Balaban J connectivity index is 2.64. The molecule has 0 aromatic rings. The third-order valence-electron chi connectivity index (χ3n) is 0.748. The van der Waals surface area contributed by atoms with Crippen LogP contribution in [0.1, 0.15) is 0 Å². The van der Waals surface area contributed by atoms with Crippen LogP contribution in [-0.4, -0.2) is 13.7 Å². The maximum atomic E-state index is 7.10. The van der Waals surface area contributed by atoms with Crippen molar-refractivity contribution in [2.45, 2.75) is 5.54 Å². The molecule has 0 aliphatic heterocycles. The fourth-order valence-electron chi connectivity index (χ4n) is 0.432. The van der Waals surface area contributed by atoms with Crippen molar-refractivity contribution in [1.29, 1.82) is 3.70 Å². The van der Waals surface area contributed by atoms with Crippen molar-refractivity contribution >= 4 is 10.0 Å². The smallest absolute Gasteiger partial charge is 0.0163 e. The third-order valence-corrected chi connectivity index (χ3v) is 1.13. The molecule has 6 heavy (non-hydrogen) atoms. The van der Waals surface area contributed by atoms with Gasteiger partial charge in [0.1, 0.15) is 0 Å². The lowest BCUT2D eigenvalue weighted by Gasteiger charge is -1.83. The Labute approximate surface area is 44.7 Å². The van der Waals surface area contributed by atoms with Crippen LogP contribution in [0, 0.1) is 0 Å². The molecule has 0 aromatic carbocycles. The van der Waals surface area contributed by atoms with Crippen molar-refractivity contribution in [3.05, 3.63) is 24.3 Å². The maximum Gasteiger partial charge on any atom is 0.0163 e. The summed E-state index contributed by atoms with van der Waals surface area (Å²) in [7, 11) is -3.15. The Kier molecular flexibility index (Phi) is 0.396. The van der Waals surface area contributed by atoms with Crippen LogP contribution in [0.15, 0.2) is 24.3 Å². The van der Waals surface area contributed by atoms with Crippen LogP contribution < -0.4 is 0 Å². The highest BCUT2D eigenvalue weighted by Crippen LogP contribution is 2.08. The first-order chi connectivity index (χ1) is 4.11. The van der Waals surface area contributed by atoms with Gasteiger partial charge in [-0.15, -0.1) is 0 Å². The van der Waals surface area contributed by atoms with Gasteiger partial charge in [-0.05, 0) is 5.54 Å². The first kappa shape index (κ1) is 1.66. The van der Waals surface area contributed by atoms with E-state index < -0.39 is 10.0 Å². The van der Waals surface area contributed by atoms with Crippen molar-refractivity contribution in [2.75, 3.05) is 0 Å². The van der Waals surface area contributed by atoms with Crippen molar-refractivity contribution < 1.29 is 0 Å². The van der Waals surface area contributed by atoms with Gasteiger partial charge in [-0.25, -0.2) is 0 Å². The topological polar surface area (TPSA) is 0 Å².